The van der Waals surface area contributed by atoms with Crippen LogP contribution in [0, 0.1) is 29.5 Å². The molecule has 2 unspecified atom stereocenters. The topological polar surface area (TPSA) is 18.5 Å². The standard InChI is InChI=1S/C33H48F6O2/c1-3-5-6-8-23-11-15-25(16-12-23)28-19-17-26(21-40-28)33(38,39)41-29-20-18-27(30(31(29)34)32(35,36)37)24-13-9-22(7-4-2)10-14-24/h18,20,22-26,28H,3-17,19,21H2,1-2H3. The molecule has 1 saturated heterocycles. The molecule has 234 valence electrons. The summed E-state index contributed by atoms with van der Waals surface area (Å²) < 4.78 is 98.5. The zero-order valence-electron chi connectivity index (χ0n) is 24.7. The van der Waals surface area contributed by atoms with Crippen molar-refractivity contribution in [3.63, 3.8) is 0 Å². The van der Waals surface area contributed by atoms with Crippen molar-refractivity contribution >= 4 is 0 Å². The summed E-state index contributed by atoms with van der Waals surface area (Å²) >= 11 is 0. The van der Waals surface area contributed by atoms with Gasteiger partial charge in [0.15, 0.2) is 11.6 Å². The second-order valence-corrected chi connectivity index (χ2v) is 12.9. The Morgan fingerprint density at radius 2 is 1.44 bits per heavy atom. The molecule has 0 spiro atoms. The van der Waals surface area contributed by atoms with Crippen LogP contribution in [-0.4, -0.2) is 18.8 Å². The molecule has 1 aliphatic heterocycles. The first kappa shape index (κ1) is 32.5. The normalized spacial score (nSPS) is 29.9. The van der Waals surface area contributed by atoms with Crippen molar-refractivity contribution in [2.45, 2.75) is 141 Å². The van der Waals surface area contributed by atoms with Crippen molar-refractivity contribution in [1.29, 1.82) is 0 Å². The van der Waals surface area contributed by atoms with Gasteiger partial charge in [-0.1, -0.05) is 71.3 Å². The van der Waals surface area contributed by atoms with Gasteiger partial charge in [0.25, 0.3) is 0 Å². The first-order chi connectivity index (χ1) is 19.5. The van der Waals surface area contributed by atoms with Gasteiger partial charge in [-0.05, 0) is 86.7 Å². The molecule has 0 aromatic heterocycles. The smallest absolute Gasteiger partial charge is 0.419 e. The zero-order chi connectivity index (χ0) is 29.6. The van der Waals surface area contributed by atoms with E-state index in [0.29, 0.717) is 31.1 Å². The van der Waals surface area contributed by atoms with Crippen molar-refractivity contribution < 1.29 is 35.8 Å². The average molecular weight is 591 g/mol. The molecule has 8 heteroatoms. The number of alkyl halides is 5. The van der Waals surface area contributed by atoms with Crippen molar-refractivity contribution in [1.82, 2.24) is 0 Å². The summed E-state index contributed by atoms with van der Waals surface area (Å²) in [5.41, 5.74) is -1.61. The lowest BCUT2D eigenvalue weighted by atomic mass is 9.75. The van der Waals surface area contributed by atoms with E-state index in [0.717, 1.165) is 69.4 Å². The van der Waals surface area contributed by atoms with E-state index in [4.69, 9.17) is 9.47 Å². The van der Waals surface area contributed by atoms with E-state index in [1.54, 1.807) is 0 Å². The number of halogens is 6. The highest BCUT2D eigenvalue weighted by molar-refractivity contribution is 5.42. The Kier molecular flexibility index (Phi) is 11.4. The molecule has 0 radical (unpaired) electrons. The van der Waals surface area contributed by atoms with Crippen LogP contribution in [0.15, 0.2) is 12.1 Å². The molecular weight excluding hydrogens is 542 g/mol. The van der Waals surface area contributed by atoms with Crippen LogP contribution in [-0.2, 0) is 10.9 Å². The van der Waals surface area contributed by atoms with E-state index in [1.807, 2.05) is 0 Å². The lowest BCUT2D eigenvalue weighted by molar-refractivity contribution is -0.245. The summed E-state index contributed by atoms with van der Waals surface area (Å²) in [5.74, 6) is -3.01. The van der Waals surface area contributed by atoms with Gasteiger partial charge in [0.05, 0.1) is 24.2 Å². The fraction of sp³-hybridized carbons (Fsp3) is 0.818. The summed E-state index contributed by atoms with van der Waals surface area (Å²) in [5, 5.41) is 0. The molecule has 41 heavy (non-hydrogen) atoms. The van der Waals surface area contributed by atoms with Gasteiger partial charge in [-0.15, -0.1) is 0 Å². The van der Waals surface area contributed by atoms with E-state index < -0.39 is 41.3 Å². The van der Waals surface area contributed by atoms with E-state index in [-0.39, 0.29) is 24.7 Å². The quantitative estimate of drug-likeness (QED) is 0.189. The molecule has 0 amide bonds. The maximum atomic E-state index is 15.3. The third-order valence-corrected chi connectivity index (χ3v) is 10.1. The number of hydrogen-bond acceptors (Lipinski definition) is 2. The largest absolute Gasteiger partial charge is 0.429 e. The highest BCUT2D eigenvalue weighted by Crippen LogP contribution is 2.47. The van der Waals surface area contributed by atoms with Gasteiger partial charge >= 0.3 is 12.3 Å². The average Bonchev–Trinajstić information content (AvgIpc) is 2.94. The molecular formula is C33H48F6O2. The molecule has 4 rings (SSSR count). The van der Waals surface area contributed by atoms with Gasteiger partial charge in [-0.25, -0.2) is 4.39 Å². The van der Waals surface area contributed by atoms with Crippen LogP contribution < -0.4 is 4.74 Å². The summed E-state index contributed by atoms with van der Waals surface area (Å²) in [6.45, 7) is 4.03. The van der Waals surface area contributed by atoms with Gasteiger partial charge in [-0.3, -0.25) is 0 Å². The van der Waals surface area contributed by atoms with Gasteiger partial charge in [-0.2, -0.15) is 22.0 Å². The van der Waals surface area contributed by atoms with Crippen LogP contribution in [0.4, 0.5) is 26.3 Å². The predicted octanol–water partition coefficient (Wildman–Crippen LogP) is 11.1. The third kappa shape index (κ3) is 8.35. The number of ether oxygens (including phenoxy) is 2. The molecule has 2 nitrogen and oxygen atoms in total. The monoisotopic (exact) mass is 590 g/mol. The summed E-state index contributed by atoms with van der Waals surface area (Å²) in [7, 11) is 0. The van der Waals surface area contributed by atoms with Crippen LogP contribution in [0.25, 0.3) is 0 Å². The van der Waals surface area contributed by atoms with E-state index in [1.165, 1.54) is 25.7 Å². The summed E-state index contributed by atoms with van der Waals surface area (Å²) in [6.07, 6.45) is 5.68. The molecule has 2 aliphatic carbocycles. The van der Waals surface area contributed by atoms with Gasteiger partial charge < -0.3 is 9.47 Å². The minimum absolute atomic E-state index is 0.0843. The lowest BCUT2D eigenvalue weighted by Crippen LogP contribution is -2.43. The Balaban J connectivity index is 1.36. The Morgan fingerprint density at radius 3 is 2.02 bits per heavy atom. The second kappa shape index (κ2) is 14.4. The number of rotatable bonds is 11. The molecule has 1 heterocycles. The minimum atomic E-state index is -5.01. The first-order valence-electron chi connectivity index (χ1n) is 16.1. The number of benzene rings is 1. The Labute approximate surface area is 241 Å². The van der Waals surface area contributed by atoms with Crippen LogP contribution in [0.1, 0.15) is 134 Å². The second-order valence-electron chi connectivity index (χ2n) is 12.9. The first-order valence-corrected chi connectivity index (χ1v) is 16.1. The van der Waals surface area contributed by atoms with Gasteiger partial charge in [0.2, 0.25) is 0 Å². The zero-order valence-corrected chi connectivity index (χ0v) is 24.7. The number of hydrogen-bond donors (Lipinski definition) is 0. The third-order valence-electron chi connectivity index (χ3n) is 10.1. The van der Waals surface area contributed by atoms with Crippen molar-refractivity contribution in [2.24, 2.45) is 23.7 Å². The van der Waals surface area contributed by atoms with E-state index in [2.05, 4.69) is 13.8 Å². The Morgan fingerprint density at radius 1 is 0.780 bits per heavy atom. The minimum Gasteiger partial charge on any atom is -0.429 e. The molecule has 3 aliphatic rings. The molecule has 0 N–H and O–H groups in total. The van der Waals surface area contributed by atoms with Crippen LogP contribution in [0.3, 0.4) is 0 Å². The fourth-order valence-electron chi connectivity index (χ4n) is 7.62. The molecule has 2 saturated carbocycles. The van der Waals surface area contributed by atoms with E-state index >= 15 is 13.2 Å². The Bertz CT molecular complexity index is 940. The SMILES string of the molecule is CCCCCC1CCC(C2CCC(C(F)(F)Oc3ccc(C4CCC(CCC)CC4)c(C(F)(F)F)c3F)CO2)CC1. The van der Waals surface area contributed by atoms with Crippen molar-refractivity contribution in [3.8, 4) is 5.75 Å². The number of unbranched alkanes of at least 4 members (excludes halogenated alkanes) is 2. The van der Waals surface area contributed by atoms with E-state index in [9.17, 15) is 13.2 Å². The lowest BCUT2D eigenvalue weighted by Gasteiger charge is -2.39. The maximum Gasteiger partial charge on any atom is 0.419 e. The Hall–Kier alpha value is -1.44. The van der Waals surface area contributed by atoms with Gasteiger partial charge in [0, 0.05) is 0 Å². The predicted molar refractivity (Wildman–Crippen MR) is 149 cm³/mol. The fourth-order valence-corrected chi connectivity index (χ4v) is 7.62. The van der Waals surface area contributed by atoms with Crippen molar-refractivity contribution in [2.75, 3.05) is 6.61 Å². The molecule has 1 aromatic carbocycles. The van der Waals surface area contributed by atoms with Crippen molar-refractivity contribution in [3.05, 3.63) is 29.1 Å². The molecule has 0 bridgehead atoms. The van der Waals surface area contributed by atoms with Crippen LogP contribution >= 0.6 is 0 Å². The van der Waals surface area contributed by atoms with Gasteiger partial charge in [0.1, 0.15) is 0 Å². The van der Waals surface area contributed by atoms with Crippen LogP contribution in [0.5, 0.6) is 5.75 Å². The molecule has 2 atom stereocenters. The molecule has 1 aromatic rings. The highest BCUT2D eigenvalue weighted by atomic mass is 19.4. The van der Waals surface area contributed by atoms with Crippen LogP contribution in [0.2, 0.25) is 0 Å². The summed E-state index contributed by atoms with van der Waals surface area (Å²) in [4.78, 5) is 0. The molecule has 3 fully saturated rings. The maximum absolute atomic E-state index is 15.3. The highest BCUT2D eigenvalue weighted by Gasteiger charge is 2.48. The summed E-state index contributed by atoms with van der Waals surface area (Å²) in [6, 6.07) is 2.10.